The largest absolute Gasteiger partial charge is 0.375 e. The lowest BCUT2D eigenvalue weighted by Gasteiger charge is -2.04. The van der Waals surface area contributed by atoms with Gasteiger partial charge in [0.05, 0.1) is 0 Å². The lowest BCUT2D eigenvalue weighted by Crippen LogP contribution is -2.43. The Labute approximate surface area is 95.7 Å². The maximum atomic E-state index is 11.5. The molecule has 0 saturated carbocycles. The fourth-order valence-corrected chi connectivity index (χ4v) is 2.77. The molecule has 0 amide bonds. The summed E-state index contributed by atoms with van der Waals surface area (Å²) in [5, 5.41) is 8.34. The minimum atomic E-state index is -3.71. The van der Waals surface area contributed by atoms with Crippen molar-refractivity contribution in [1.82, 2.24) is 10.3 Å². The van der Waals surface area contributed by atoms with E-state index in [2.05, 4.69) is 17.6 Å². The van der Waals surface area contributed by atoms with Crippen molar-refractivity contribution in [2.45, 2.75) is 4.21 Å². The van der Waals surface area contributed by atoms with Gasteiger partial charge in [0.15, 0.2) is 5.11 Å². The van der Waals surface area contributed by atoms with Crippen LogP contribution in [0.4, 0.5) is 0 Å². The van der Waals surface area contributed by atoms with E-state index < -0.39 is 10.0 Å². The van der Waals surface area contributed by atoms with Gasteiger partial charge in [-0.05, 0) is 24.4 Å². The molecule has 9 heteroatoms. The summed E-state index contributed by atoms with van der Waals surface area (Å²) >= 11 is 5.29. The Kier molecular flexibility index (Phi) is 3.59. The molecule has 0 radical (unpaired) electrons. The minimum Gasteiger partial charge on any atom is -0.375 e. The molecular formula is C6H6N4O2S3. The second-order valence-corrected chi connectivity index (χ2v) is 5.76. The van der Waals surface area contributed by atoms with Crippen LogP contribution in [0.2, 0.25) is 0 Å². The lowest BCUT2D eigenvalue weighted by molar-refractivity contribution is 0.579. The zero-order valence-corrected chi connectivity index (χ0v) is 9.67. The van der Waals surface area contributed by atoms with Crippen molar-refractivity contribution in [3.05, 3.63) is 17.0 Å². The smallest absolute Gasteiger partial charge is 0.266 e. The van der Waals surface area contributed by atoms with Crippen molar-refractivity contribution in [2.24, 2.45) is 5.73 Å². The van der Waals surface area contributed by atoms with Crippen LogP contribution in [0.25, 0.3) is 0 Å². The third-order valence-corrected chi connectivity index (χ3v) is 4.10. The highest BCUT2D eigenvalue weighted by Gasteiger charge is 2.16. The number of thiocarbonyl (C=S) groups is 1. The molecule has 1 heterocycles. The van der Waals surface area contributed by atoms with Crippen LogP contribution in [0.5, 0.6) is 0 Å². The number of hydrogen-bond donors (Lipinski definition) is 3. The maximum absolute atomic E-state index is 11.5. The number of nitrogens with zero attached hydrogens (tertiary/aromatic N) is 1. The van der Waals surface area contributed by atoms with Crippen molar-refractivity contribution < 1.29 is 8.42 Å². The van der Waals surface area contributed by atoms with Gasteiger partial charge in [-0.2, -0.15) is 5.26 Å². The number of nitriles is 1. The number of rotatable bonds is 3. The van der Waals surface area contributed by atoms with Gasteiger partial charge in [-0.15, -0.1) is 16.2 Å². The average Bonchev–Trinajstić information content (AvgIpc) is 2.63. The van der Waals surface area contributed by atoms with Gasteiger partial charge in [0, 0.05) is 0 Å². The van der Waals surface area contributed by atoms with E-state index in [0.717, 1.165) is 11.3 Å². The first kappa shape index (κ1) is 11.9. The van der Waals surface area contributed by atoms with Crippen molar-refractivity contribution in [1.29, 1.82) is 5.26 Å². The third kappa shape index (κ3) is 3.14. The van der Waals surface area contributed by atoms with Crippen LogP contribution >= 0.6 is 23.6 Å². The molecule has 4 N–H and O–H groups in total. The number of sulfonamides is 1. The highest BCUT2D eigenvalue weighted by molar-refractivity contribution is 7.91. The van der Waals surface area contributed by atoms with Gasteiger partial charge in [0.1, 0.15) is 15.2 Å². The molecule has 0 saturated heterocycles. The zero-order valence-electron chi connectivity index (χ0n) is 7.22. The maximum Gasteiger partial charge on any atom is 0.266 e. The molecule has 0 fully saturated rings. The van der Waals surface area contributed by atoms with Gasteiger partial charge >= 0.3 is 0 Å². The molecule has 1 rings (SSSR count). The summed E-state index contributed by atoms with van der Waals surface area (Å²) in [7, 11) is -3.71. The summed E-state index contributed by atoms with van der Waals surface area (Å²) in [5.41, 5.74) is 7.16. The van der Waals surface area contributed by atoms with E-state index in [9.17, 15) is 8.42 Å². The predicted octanol–water partition coefficient (Wildman–Crippen LogP) is -0.354. The van der Waals surface area contributed by atoms with Gasteiger partial charge in [0.2, 0.25) is 0 Å². The quantitative estimate of drug-likeness (QED) is 0.507. The van der Waals surface area contributed by atoms with Crippen molar-refractivity contribution >= 4 is 38.7 Å². The Hall–Kier alpha value is -1.21. The van der Waals surface area contributed by atoms with Crippen LogP contribution in [0.15, 0.2) is 16.3 Å². The number of hydrogen-bond acceptors (Lipinski definition) is 5. The van der Waals surface area contributed by atoms with Gasteiger partial charge < -0.3 is 5.73 Å². The highest BCUT2D eigenvalue weighted by atomic mass is 32.2. The number of thiophene rings is 1. The summed E-state index contributed by atoms with van der Waals surface area (Å²) in [6.07, 6.45) is 0. The fourth-order valence-electron chi connectivity index (χ4n) is 0.692. The molecule has 0 bridgehead atoms. The summed E-state index contributed by atoms with van der Waals surface area (Å²) in [4.78, 5) is 2.28. The van der Waals surface area contributed by atoms with E-state index in [1.807, 2.05) is 10.9 Å². The summed E-state index contributed by atoms with van der Waals surface area (Å²) in [6.45, 7) is 0. The number of nitrogens with one attached hydrogen (secondary N) is 2. The van der Waals surface area contributed by atoms with E-state index in [1.54, 1.807) is 0 Å². The molecule has 1 aromatic rings. The molecule has 0 aliphatic carbocycles. The Morgan fingerprint density at radius 2 is 2.27 bits per heavy atom. The van der Waals surface area contributed by atoms with Crippen molar-refractivity contribution in [3.8, 4) is 6.07 Å². The molecule has 0 aromatic carbocycles. The Morgan fingerprint density at radius 1 is 1.60 bits per heavy atom. The SMILES string of the molecule is N#Cc1ccc(S(=O)(=O)NNC(N)=S)s1. The molecule has 0 spiro atoms. The molecule has 80 valence electrons. The fraction of sp³-hybridized carbons (Fsp3) is 0. The Morgan fingerprint density at radius 3 is 2.73 bits per heavy atom. The van der Waals surface area contributed by atoms with Crippen molar-refractivity contribution in [2.75, 3.05) is 0 Å². The second kappa shape index (κ2) is 4.54. The number of hydrazine groups is 1. The van der Waals surface area contributed by atoms with Crippen molar-refractivity contribution in [3.63, 3.8) is 0 Å². The monoisotopic (exact) mass is 262 g/mol. The Bertz CT molecular complexity index is 513. The van der Waals surface area contributed by atoms with E-state index in [1.165, 1.54) is 12.1 Å². The van der Waals surface area contributed by atoms with Crippen LogP contribution in [0.3, 0.4) is 0 Å². The van der Waals surface area contributed by atoms with Crippen LogP contribution in [0.1, 0.15) is 4.88 Å². The van der Waals surface area contributed by atoms with E-state index in [0.29, 0.717) is 4.88 Å². The molecule has 0 unspecified atom stereocenters. The lowest BCUT2D eigenvalue weighted by atomic mass is 10.5. The molecule has 0 aliphatic heterocycles. The topological polar surface area (TPSA) is 108 Å². The molecule has 6 nitrogen and oxygen atoms in total. The molecular weight excluding hydrogens is 256 g/mol. The highest BCUT2D eigenvalue weighted by Crippen LogP contribution is 2.19. The zero-order chi connectivity index (χ0) is 11.5. The van der Waals surface area contributed by atoms with E-state index >= 15 is 0 Å². The molecule has 15 heavy (non-hydrogen) atoms. The first-order valence-corrected chi connectivity index (χ1v) is 6.23. The summed E-state index contributed by atoms with van der Waals surface area (Å²) in [5.74, 6) is 0. The van der Waals surface area contributed by atoms with Crippen LogP contribution in [-0.4, -0.2) is 13.5 Å². The normalized spacial score (nSPS) is 10.6. The van der Waals surface area contributed by atoms with Crippen LogP contribution in [-0.2, 0) is 10.0 Å². The summed E-state index contributed by atoms with van der Waals surface area (Å²) in [6, 6.07) is 4.58. The summed E-state index contributed by atoms with van der Waals surface area (Å²) < 4.78 is 23.0. The van der Waals surface area contributed by atoms with Crippen LogP contribution in [0, 0.1) is 11.3 Å². The molecule has 0 atom stereocenters. The standard InChI is InChI=1S/C6H6N4O2S3/c7-3-4-1-2-5(14-4)15(11,12)10-9-6(8)13/h1-2,10H,(H3,8,9,13). The second-order valence-electron chi connectivity index (χ2n) is 2.33. The van der Waals surface area contributed by atoms with E-state index in [4.69, 9.17) is 11.0 Å². The first-order chi connectivity index (χ1) is 6.95. The minimum absolute atomic E-state index is 0.0165. The average molecular weight is 262 g/mol. The Balaban J connectivity index is 2.87. The van der Waals surface area contributed by atoms with Gasteiger partial charge in [-0.25, -0.2) is 8.42 Å². The van der Waals surface area contributed by atoms with E-state index in [-0.39, 0.29) is 9.32 Å². The van der Waals surface area contributed by atoms with Gasteiger partial charge in [-0.3, -0.25) is 5.43 Å². The molecule has 0 aliphatic rings. The number of nitrogens with two attached hydrogens (primary N) is 1. The van der Waals surface area contributed by atoms with Gasteiger partial charge in [-0.1, -0.05) is 0 Å². The third-order valence-electron chi connectivity index (χ3n) is 1.26. The van der Waals surface area contributed by atoms with Crippen LogP contribution < -0.4 is 16.0 Å². The predicted molar refractivity (Wildman–Crippen MR) is 59.3 cm³/mol. The first-order valence-electron chi connectivity index (χ1n) is 3.53. The van der Waals surface area contributed by atoms with Gasteiger partial charge in [0.25, 0.3) is 10.0 Å². The molecule has 1 aromatic heterocycles.